The molecule has 1 unspecified atom stereocenters. The zero-order valence-electron chi connectivity index (χ0n) is 19.7. The van der Waals surface area contributed by atoms with E-state index in [1.54, 1.807) is 35.1 Å². The van der Waals surface area contributed by atoms with Crippen molar-refractivity contribution in [3.8, 4) is 11.3 Å². The van der Waals surface area contributed by atoms with Crippen LogP contribution < -0.4 is 10.7 Å². The Balaban J connectivity index is 1.46. The molecule has 3 aromatic carbocycles. The van der Waals surface area contributed by atoms with Crippen molar-refractivity contribution in [2.24, 2.45) is 0 Å². The maximum absolute atomic E-state index is 13.4. The van der Waals surface area contributed by atoms with Crippen molar-refractivity contribution >= 4 is 17.8 Å². The van der Waals surface area contributed by atoms with E-state index in [0.717, 1.165) is 16.1 Å². The van der Waals surface area contributed by atoms with Crippen molar-refractivity contribution in [1.29, 1.82) is 0 Å². The molecule has 1 aliphatic rings. The fourth-order valence-corrected chi connectivity index (χ4v) is 4.45. The van der Waals surface area contributed by atoms with Gasteiger partial charge >= 0.3 is 6.03 Å². The van der Waals surface area contributed by atoms with Gasteiger partial charge in [0.15, 0.2) is 0 Å². The molecule has 0 radical (unpaired) electrons. The highest BCUT2D eigenvalue weighted by Crippen LogP contribution is 2.32. The number of hydrogen-bond donors (Lipinski definition) is 2. The summed E-state index contributed by atoms with van der Waals surface area (Å²) in [7, 11) is 0. The normalized spacial score (nSPS) is 17.2. The van der Waals surface area contributed by atoms with Crippen LogP contribution in [0.15, 0.2) is 97.2 Å². The van der Waals surface area contributed by atoms with Gasteiger partial charge in [-0.15, -0.1) is 0 Å². The summed E-state index contributed by atoms with van der Waals surface area (Å²) >= 11 is 0. The summed E-state index contributed by atoms with van der Waals surface area (Å²) in [6.45, 7) is 2.28. The van der Waals surface area contributed by atoms with Gasteiger partial charge in [-0.1, -0.05) is 97.9 Å². The summed E-state index contributed by atoms with van der Waals surface area (Å²) in [4.78, 5) is 39.8. The van der Waals surface area contributed by atoms with Crippen LogP contribution in [0, 0.1) is 0 Å². The molecular weight excluding hydrogens is 454 g/mol. The van der Waals surface area contributed by atoms with Gasteiger partial charge < -0.3 is 5.32 Å². The quantitative estimate of drug-likeness (QED) is 0.390. The van der Waals surface area contributed by atoms with Crippen molar-refractivity contribution in [2.45, 2.75) is 25.4 Å². The van der Waals surface area contributed by atoms with Gasteiger partial charge in [-0.3, -0.25) is 19.7 Å². The Kier molecular flexibility index (Phi) is 6.08. The fourth-order valence-electron chi connectivity index (χ4n) is 4.45. The van der Waals surface area contributed by atoms with Gasteiger partial charge in [-0.25, -0.2) is 4.79 Å². The smallest absolute Gasteiger partial charge is 0.318 e. The SMILES string of the molecule is CCC1(c2ccccc2)NC(=O)N(NC(=O)c2cn(Cc3ccccc3)nc2-c2ccccc2)C1=O. The predicted molar refractivity (Wildman–Crippen MR) is 134 cm³/mol. The van der Waals surface area contributed by atoms with Crippen molar-refractivity contribution in [2.75, 3.05) is 0 Å². The Morgan fingerprint density at radius 1 is 0.917 bits per heavy atom. The molecule has 36 heavy (non-hydrogen) atoms. The van der Waals surface area contributed by atoms with Crippen LogP contribution in [-0.2, 0) is 16.9 Å². The molecule has 2 heterocycles. The molecule has 1 saturated heterocycles. The van der Waals surface area contributed by atoms with Crippen molar-refractivity contribution in [3.05, 3.63) is 114 Å². The first-order chi connectivity index (χ1) is 17.5. The molecule has 1 fully saturated rings. The maximum atomic E-state index is 13.4. The Morgan fingerprint density at radius 3 is 2.17 bits per heavy atom. The number of urea groups is 1. The minimum atomic E-state index is -1.24. The van der Waals surface area contributed by atoms with E-state index in [-0.39, 0.29) is 5.56 Å². The molecule has 0 aliphatic carbocycles. The average Bonchev–Trinajstić information content (AvgIpc) is 3.45. The average molecular weight is 480 g/mol. The summed E-state index contributed by atoms with van der Waals surface area (Å²) < 4.78 is 1.68. The van der Waals surface area contributed by atoms with E-state index in [2.05, 4.69) is 15.8 Å². The van der Waals surface area contributed by atoms with Gasteiger partial charge in [-0.2, -0.15) is 10.1 Å². The number of rotatable bonds is 7. The van der Waals surface area contributed by atoms with Crippen LogP contribution in [0.1, 0.15) is 34.8 Å². The molecule has 5 rings (SSSR count). The Hall–Kier alpha value is -4.72. The number of nitrogens with zero attached hydrogens (tertiary/aromatic N) is 3. The van der Waals surface area contributed by atoms with E-state index >= 15 is 0 Å². The number of carbonyl (C=O) groups excluding carboxylic acids is 3. The second-order valence-electron chi connectivity index (χ2n) is 8.58. The maximum Gasteiger partial charge on any atom is 0.344 e. The van der Waals surface area contributed by atoms with Gasteiger partial charge in [0, 0.05) is 11.8 Å². The van der Waals surface area contributed by atoms with E-state index in [1.165, 1.54) is 0 Å². The van der Waals surface area contributed by atoms with Crippen LogP contribution in [0.3, 0.4) is 0 Å². The second-order valence-corrected chi connectivity index (χ2v) is 8.58. The molecule has 1 atom stereocenters. The van der Waals surface area contributed by atoms with Crippen LogP contribution in [0.25, 0.3) is 11.3 Å². The first-order valence-corrected chi connectivity index (χ1v) is 11.7. The van der Waals surface area contributed by atoms with E-state index in [1.807, 2.05) is 73.7 Å². The molecule has 0 saturated carbocycles. The van der Waals surface area contributed by atoms with E-state index in [9.17, 15) is 14.4 Å². The minimum absolute atomic E-state index is 0.256. The minimum Gasteiger partial charge on any atom is -0.318 e. The highest BCUT2D eigenvalue weighted by atomic mass is 16.2. The number of aromatic nitrogens is 2. The lowest BCUT2D eigenvalue weighted by Gasteiger charge is -2.25. The van der Waals surface area contributed by atoms with Gasteiger partial charge in [0.1, 0.15) is 11.2 Å². The van der Waals surface area contributed by atoms with E-state index in [4.69, 9.17) is 0 Å². The Labute approximate surface area is 208 Å². The molecule has 2 N–H and O–H groups in total. The lowest BCUT2D eigenvalue weighted by molar-refractivity contribution is -0.133. The van der Waals surface area contributed by atoms with Gasteiger partial charge in [0.05, 0.1) is 12.1 Å². The largest absolute Gasteiger partial charge is 0.344 e. The zero-order chi connectivity index (χ0) is 25.1. The van der Waals surface area contributed by atoms with Crippen molar-refractivity contribution in [1.82, 2.24) is 25.5 Å². The van der Waals surface area contributed by atoms with Crippen LogP contribution in [-0.4, -0.2) is 32.6 Å². The molecule has 8 heteroatoms. The summed E-state index contributed by atoms with van der Waals surface area (Å²) in [5.41, 5.74) is 4.42. The van der Waals surface area contributed by atoms with Crippen molar-refractivity contribution in [3.63, 3.8) is 0 Å². The standard InChI is InChI=1S/C28H25N5O3/c1-2-28(22-16-10-5-11-17-22)26(35)33(27(36)29-28)31-25(34)23-19-32(18-20-12-6-3-7-13-20)30-24(23)21-14-8-4-9-15-21/h3-17,19H,2,18H2,1H3,(H,29,36)(H,31,34). The number of nitrogens with one attached hydrogen (secondary N) is 2. The molecule has 0 spiro atoms. The lowest BCUT2D eigenvalue weighted by Crippen LogP contribution is -2.48. The topological polar surface area (TPSA) is 96.3 Å². The lowest BCUT2D eigenvalue weighted by atomic mass is 9.87. The van der Waals surface area contributed by atoms with Gasteiger partial charge in [0.2, 0.25) is 0 Å². The van der Waals surface area contributed by atoms with Gasteiger partial charge in [0.25, 0.3) is 11.8 Å². The summed E-state index contributed by atoms with van der Waals surface area (Å²) in [5, 5.41) is 8.20. The first kappa shape index (κ1) is 23.0. The number of hydrazine groups is 1. The molecule has 4 aromatic rings. The molecule has 0 bridgehead atoms. The van der Waals surface area contributed by atoms with E-state index < -0.39 is 23.4 Å². The number of amides is 4. The predicted octanol–water partition coefficient (Wildman–Crippen LogP) is 4.10. The third kappa shape index (κ3) is 4.13. The van der Waals surface area contributed by atoms with Crippen LogP contribution in [0.5, 0.6) is 0 Å². The Morgan fingerprint density at radius 2 is 1.53 bits per heavy atom. The number of carbonyl (C=O) groups is 3. The Bertz CT molecular complexity index is 1400. The molecular formula is C28H25N5O3. The zero-order valence-corrected chi connectivity index (χ0v) is 19.7. The number of benzene rings is 3. The first-order valence-electron chi connectivity index (χ1n) is 11.7. The highest BCUT2D eigenvalue weighted by molar-refractivity contribution is 6.10. The number of imide groups is 1. The summed E-state index contributed by atoms with van der Waals surface area (Å²) in [6.07, 6.45) is 1.96. The second kappa shape index (κ2) is 9.50. The van der Waals surface area contributed by atoms with Crippen LogP contribution in [0.2, 0.25) is 0 Å². The van der Waals surface area contributed by atoms with Gasteiger partial charge in [-0.05, 0) is 17.5 Å². The molecule has 8 nitrogen and oxygen atoms in total. The molecule has 1 aromatic heterocycles. The molecule has 180 valence electrons. The summed E-state index contributed by atoms with van der Waals surface area (Å²) in [6, 6.07) is 27.4. The third-order valence-corrected chi connectivity index (χ3v) is 6.34. The summed E-state index contributed by atoms with van der Waals surface area (Å²) in [5.74, 6) is -1.14. The van der Waals surface area contributed by atoms with Crippen LogP contribution >= 0.6 is 0 Å². The third-order valence-electron chi connectivity index (χ3n) is 6.34. The highest BCUT2D eigenvalue weighted by Gasteiger charge is 2.52. The van der Waals surface area contributed by atoms with Crippen LogP contribution in [0.4, 0.5) is 4.79 Å². The number of hydrogen-bond acceptors (Lipinski definition) is 4. The monoisotopic (exact) mass is 479 g/mol. The van der Waals surface area contributed by atoms with E-state index in [0.29, 0.717) is 24.2 Å². The fraction of sp³-hybridized carbons (Fsp3) is 0.143. The molecule has 4 amide bonds. The molecule has 1 aliphatic heterocycles. The van der Waals surface area contributed by atoms with Crippen molar-refractivity contribution < 1.29 is 14.4 Å².